The van der Waals surface area contributed by atoms with E-state index in [9.17, 15) is 9.59 Å². The summed E-state index contributed by atoms with van der Waals surface area (Å²) in [5, 5.41) is 2.96. The Bertz CT molecular complexity index is 1150. The second-order valence-electron chi connectivity index (χ2n) is 7.78. The van der Waals surface area contributed by atoms with Crippen molar-refractivity contribution in [3.8, 4) is 0 Å². The summed E-state index contributed by atoms with van der Waals surface area (Å²) in [5.74, 6) is 0.656. The lowest BCUT2D eigenvalue weighted by Crippen LogP contribution is -2.51. The molecule has 0 aliphatic carbocycles. The van der Waals surface area contributed by atoms with E-state index in [1.807, 2.05) is 71.6 Å². The molecule has 5 rings (SSSR count). The van der Waals surface area contributed by atoms with Gasteiger partial charge in [-0.05, 0) is 36.2 Å². The number of hydrogen-bond acceptors (Lipinski definition) is 3. The molecule has 2 aliphatic heterocycles. The van der Waals surface area contributed by atoms with Crippen molar-refractivity contribution >= 4 is 35.1 Å². The number of benzene rings is 3. The monoisotopic (exact) mass is 429 g/mol. The van der Waals surface area contributed by atoms with Crippen molar-refractivity contribution in [1.82, 2.24) is 4.90 Å². The predicted octanol–water partition coefficient (Wildman–Crippen LogP) is 4.98. The van der Waals surface area contributed by atoms with Crippen molar-refractivity contribution < 1.29 is 9.59 Å². The van der Waals surface area contributed by atoms with Gasteiger partial charge in [-0.2, -0.15) is 0 Å². The van der Waals surface area contributed by atoms with Crippen LogP contribution >= 0.6 is 11.8 Å². The van der Waals surface area contributed by atoms with Gasteiger partial charge in [-0.25, -0.2) is 4.79 Å². The van der Waals surface area contributed by atoms with Crippen LogP contribution in [0.15, 0.2) is 78.9 Å². The van der Waals surface area contributed by atoms with Gasteiger partial charge in [-0.3, -0.25) is 9.69 Å². The average molecular weight is 430 g/mol. The Kier molecular flexibility index (Phi) is 4.94. The van der Waals surface area contributed by atoms with Crippen LogP contribution in [0.4, 0.5) is 16.2 Å². The third kappa shape index (κ3) is 3.18. The average Bonchev–Trinajstić information content (AvgIpc) is 3.33. The molecular weight excluding hydrogens is 406 g/mol. The van der Waals surface area contributed by atoms with Gasteiger partial charge in [-0.15, -0.1) is 11.8 Å². The topological polar surface area (TPSA) is 52.7 Å². The van der Waals surface area contributed by atoms with Crippen molar-refractivity contribution in [2.45, 2.75) is 18.3 Å². The first-order valence-corrected chi connectivity index (χ1v) is 11.3. The number of amides is 3. The van der Waals surface area contributed by atoms with Crippen LogP contribution in [0.2, 0.25) is 0 Å². The van der Waals surface area contributed by atoms with Crippen molar-refractivity contribution in [2.75, 3.05) is 22.5 Å². The van der Waals surface area contributed by atoms with Gasteiger partial charge in [0.15, 0.2) is 4.87 Å². The van der Waals surface area contributed by atoms with E-state index in [1.165, 1.54) is 0 Å². The van der Waals surface area contributed by atoms with E-state index in [0.29, 0.717) is 18.8 Å². The van der Waals surface area contributed by atoms with E-state index in [-0.39, 0.29) is 11.9 Å². The zero-order chi connectivity index (χ0) is 21.4. The minimum atomic E-state index is -1.03. The normalized spacial score (nSPS) is 19.7. The molecule has 5 nitrogen and oxygen atoms in total. The summed E-state index contributed by atoms with van der Waals surface area (Å²) >= 11 is 1.54. The zero-order valence-corrected chi connectivity index (χ0v) is 18.1. The van der Waals surface area contributed by atoms with E-state index in [2.05, 4.69) is 24.4 Å². The van der Waals surface area contributed by atoms with Crippen LogP contribution in [-0.2, 0) is 16.2 Å². The molecule has 1 atom stereocenters. The first-order chi connectivity index (χ1) is 15.1. The van der Waals surface area contributed by atoms with E-state index >= 15 is 0 Å². The number of aryl methyl sites for hydroxylation is 1. The Hall–Kier alpha value is -3.25. The fraction of sp³-hybridized carbons (Fsp3) is 0.200. The van der Waals surface area contributed by atoms with Crippen LogP contribution in [-0.4, -0.2) is 29.1 Å². The molecule has 1 N–H and O–H groups in total. The lowest BCUT2D eigenvalue weighted by atomic mass is 10.1. The second-order valence-corrected chi connectivity index (χ2v) is 9.06. The van der Waals surface area contributed by atoms with Gasteiger partial charge in [0, 0.05) is 23.5 Å². The summed E-state index contributed by atoms with van der Waals surface area (Å²) in [6, 6.07) is 25.1. The van der Waals surface area contributed by atoms with E-state index < -0.39 is 4.87 Å². The summed E-state index contributed by atoms with van der Waals surface area (Å²) in [6.45, 7) is 3.06. The lowest BCUT2D eigenvalue weighted by molar-refractivity contribution is -0.123. The molecule has 0 unspecified atom stereocenters. The Balaban J connectivity index is 1.53. The third-order valence-electron chi connectivity index (χ3n) is 5.96. The molecule has 156 valence electrons. The maximum absolute atomic E-state index is 14.0. The first kappa shape index (κ1) is 19.7. The van der Waals surface area contributed by atoms with Gasteiger partial charge in [0.1, 0.15) is 0 Å². The smallest absolute Gasteiger partial charge is 0.308 e. The van der Waals surface area contributed by atoms with Gasteiger partial charge >= 0.3 is 6.03 Å². The summed E-state index contributed by atoms with van der Waals surface area (Å²) in [4.78, 5) is 29.7. The van der Waals surface area contributed by atoms with Crippen LogP contribution < -0.4 is 10.2 Å². The van der Waals surface area contributed by atoms with E-state index in [1.54, 1.807) is 16.7 Å². The first-order valence-electron chi connectivity index (χ1n) is 10.3. The Morgan fingerprint density at radius 3 is 2.52 bits per heavy atom. The minimum Gasteiger partial charge on any atom is -0.308 e. The van der Waals surface area contributed by atoms with Crippen LogP contribution in [0.1, 0.15) is 16.7 Å². The molecular formula is C25H23N3O2S. The van der Waals surface area contributed by atoms with Gasteiger partial charge in [-0.1, -0.05) is 60.7 Å². The van der Waals surface area contributed by atoms with Crippen LogP contribution in [0.25, 0.3) is 0 Å². The number of para-hydroxylation sites is 2. The van der Waals surface area contributed by atoms with Crippen molar-refractivity contribution in [3.05, 3.63) is 95.6 Å². The highest BCUT2D eigenvalue weighted by molar-refractivity contribution is 8.01. The summed E-state index contributed by atoms with van der Waals surface area (Å²) in [5.41, 5.74) is 4.73. The minimum absolute atomic E-state index is 0.0531. The Labute approximate surface area is 186 Å². The van der Waals surface area contributed by atoms with Gasteiger partial charge < -0.3 is 10.2 Å². The van der Waals surface area contributed by atoms with Crippen molar-refractivity contribution in [3.63, 3.8) is 0 Å². The van der Waals surface area contributed by atoms with Crippen molar-refractivity contribution in [1.29, 1.82) is 0 Å². The maximum atomic E-state index is 14.0. The number of urea groups is 1. The molecule has 31 heavy (non-hydrogen) atoms. The summed E-state index contributed by atoms with van der Waals surface area (Å²) < 4.78 is 0. The molecule has 3 aromatic carbocycles. The molecule has 0 bridgehead atoms. The fourth-order valence-corrected chi connectivity index (χ4v) is 5.86. The second kappa shape index (κ2) is 7.78. The van der Waals surface area contributed by atoms with Crippen LogP contribution in [0.3, 0.4) is 0 Å². The Morgan fingerprint density at radius 2 is 1.71 bits per heavy atom. The number of nitrogens with one attached hydrogen (secondary N) is 1. The molecule has 3 aromatic rings. The molecule has 2 heterocycles. The Morgan fingerprint density at radius 1 is 1.00 bits per heavy atom. The molecule has 0 saturated carbocycles. The summed E-state index contributed by atoms with van der Waals surface area (Å²) in [7, 11) is 0. The number of thioether (sulfide) groups is 1. The highest BCUT2D eigenvalue weighted by Gasteiger charge is 2.59. The number of carbonyl (C=O) groups excluding carboxylic acids is 2. The van der Waals surface area contributed by atoms with Gasteiger partial charge in [0.2, 0.25) is 0 Å². The number of carbonyl (C=O) groups is 2. The maximum Gasteiger partial charge on any atom is 0.323 e. The number of rotatable bonds is 3. The molecule has 3 amide bonds. The number of hydrogen-bond donors (Lipinski definition) is 1. The molecule has 1 spiro atoms. The van der Waals surface area contributed by atoms with Crippen molar-refractivity contribution in [2.24, 2.45) is 0 Å². The molecule has 2 aliphatic rings. The van der Waals surface area contributed by atoms with Gasteiger partial charge in [0.05, 0.1) is 12.2 Å². The van der Waals surface area contributed by atoms with Crippen LogP contribution in [0, 0.1) is 6.92 Å². The number of fused-ring (bicyclic) bond motifs is 2. The quantitative estimate of drug-likeness (QED) is 0.639. The largest absolute Gasteiger partial charge is 0.323 e. The van der Waals surface area contributed by atoms with Crippen LogP contribution in [0.5, 0.6) is 0 Å². The standard InChI is InChI=1S/C25H23N3O2S/c1-18-9-5-6-10-19(18)17-27-22-14-8-7-13-21(22)25(23(27)29)28(15-16-31-25)24(30)26-20-11-3-2-4-12-20/h2-14H,15-17H2,1H3,(H,26,30)/t25-/m0/s1. The number of nitrogens with zero attached hydrogens (tertiary/aromatic N) is 2. The molecule has 6 heteroatoms. The lowest BCUT2D eigenvalue weighted by Gasteiger charge is -2.33. The third-order valence-corrected chi connectivity index (χ3v) is 7.38. The molecule has 0 aromatic heterocycles. The highest BCUT2D eigenvalue weighted by Crippen LogP contribution is 2.54. The fourth-order valence-electron chi connectivity index (χ4n) is 4.40. The molecule has 1 saturated heterocycles. The highest BCUT2D eigenvalue weighted by atomic mass is 32.2. The molecule has 0 radical (unpaired) electrons. The zero-order valence-electron chi connectivity index (χ0n) is 17.2. The summed E-state index contributed by atoms with van der Waals surface area (Å²) in [6.07, 6.45) is 0. The molecule has 1 fully saturated rings. The SMILES string of the molecule is Cc1ccccc1CN1C(=O)[C@@]2(SCCN2C(=O)Nc2ccccc2)c2ccccc21. The van der Waals surface area contributed by atoms with Gasteiger partial charge in [0.25, 0.3) is 5.91 Å². The predicted molar refractivity (Wildman–Crippen MR) is 125 cm³/mol. The number of anilines is 2. The van der Waals surface area contributed by atoms with E-state index in [0.717, 1.165) is 28.1 Å². The van der Waals surface area contributed by atoms with E-state index in [4.69, 9.17) is 0 Å².